The van der Waals surface area contributed by atoms with Crippen molar-refractivity contribution < 1.29 is 0 Å². The van der Waals surface area contributed by atoms with Gasteiger partial charge in [-0.1, -0.05) is 25.1 Å². The topological polar surface area (TPSA) is 53.1 Å². The van der Waals surface area contributed by atoms with Crippen LogP contribution in [0.4, 0.5) is 5.69 Å². The minimum atomic E-state index is -0.640. The molecule has 18 heavy (non-hydrogen) atoms. The zero-order valence-corrected chi connectivity index (χ0v) is 11.0. The summed E-state index contributed by atoms with van der Waals surface area (Å²) < 4.78 is 0. The van der Waals surface area contributed by atoms with E-state index in [1.165, 1.54) is 11.3 Å². The second kappa shape index (κ2) is 5.41. The predicted molar refractivity (Wildman–Crippen MR) is 74.4 cm³/mol. The van der Waals surface area contributed by atoms with Gasteiger partial charge in [0.15, 0.2) is 0 Å². The van der Waals surface area contributed by atoms with Gasteiger partial charge < -0.3 is 10.6 Å². The van der Waals surface area contributed by atoms with Crippen molar-refractivity contribution in [3.05, 3.63) is 29.8 Å². The van der Waals surface area contributed by atoms with Crippen LogP contribution in [0.5, 0.6) is 0 Å². The second-order valence-corrected chi connectivity index (χ2v) is 5.09. The fraction of sp³-hybridized carbons (Fsp3) is 0.533. The van der Waals surface area contributed by atoms with Gasteiger partial charge in [0.05, 0.1) is 6.07 Å². The predicted octanol–water partition coefficient (Wildman–Crippen LogP) is 2.46. The highest BCUT2D eigenvalue weighted by Gasteiger charge is 2.23. The molecule has 1 aliphatic rings. The Morgan fingerprint density at radius 3 is 2.94 bits per heavy atom. The summed E-state index contributed by atoms with van der Waals surface area (Å²) in [4.78, 5) is 2.41. The number of rotatable bonds is 5. The van der Waals surface area contributed by atoms with Crippen molar-refractivity contribution in [2.75, 3.05) is 18.0 Å². The van der Waals surface area contributed by atoms with Gasteiger partial charge in [-0.3, -0.25) is 0 Å². The lowest BCUT2D eigenvalue weighted by Gasteiger charge is -2.23. The van der Waals surface area contributed by atoms with Crippen molar-refractivity contribution in [1.82, 2.24) is 0 Å². The molecular weight excluding hydrogens is 222 g/mol. The lowest BCUT2D eigenvalue weighted by atomic mass is 9.93. The van der Waals surface area contributed by atoms with Crippen LogP contribution in [0.1, 0.15) is 31.7 Å². The first kappa shape index (κ1) is 12.9. The Morgan fingerprint density at radius 2 is 2.22 bits per heavy atom. The number of anilines is 1. The average Bonchev–Trinajstić information content (AvgIpc) is 2.82. The Bertz CT molecular complexity index is 449. The summed E-state index contributed by atoms with van der Waals surface area (Å²) >= 11 is 0. The molecule has 0 spiro atoms. The largest absolute Gasteiger partial charge is 0.371 e. The van der Waals surface area contributed by atoms with E-state index in [-0.39, 0.29) is 0 Å². The zero-order chi connectivity index (χ0) is 13.0. The van der Waals surface area contributed by atoms with Crippen LogP contribution < -0.4 is 10.6 Å². The van der Waals surface area contributed by atoms with E-state index in [9.17, 15) is 0 Å². The molecule has 2 N–H and O–H groups in total. The standard InChI is InChI=1S/C15H21N3/c1-2-15(17,12-16)9-5-10-18-11-8-13-6-3-4-7-14(13)18/h3-4,6-7H,2,5,8-11,17H2,1H3. The minimum absolute atomic E-state index is 0.640. The summed E-state index contributed by atoms with van der Waals surface area (Å²) in [7, 11) is 0. The number of nitrogens with zero attached hydrogens (tertiary/aromatic N) is 2. The molecule has 0 radical (unpaired) electrons. The van der Waals surface area contributed by atoms with E-state index >= 15 is 0 Å². The molecule has 1 aromatic rings. The maximum atomic E-state index is 9.05. The van der Waals surface area contributed by atoms with Gasteiger partial charge in [-0.2, -0.15) is 5.26 Å². The van der Waals surface area contributed by atoms with E-state index in [1.807, 2.05) is 6.92 Å². The summed E-state index contributed by atoms with van der Waals surface area (Å²) in [6, 6.07) is 10.8. The molecule has 0 amide bonds. The molecule has 3 nitrogen and oxygen atoms in total. The third-order valence-electron chi connectivity index (χ3n) is 3.89. The van der Waals surface area contributed by atoms with E-state index in [2.05, 4.69) is 35.2 Å². The van der Waals surface area contributed by atoms with Crippen molar-refractivity contribution in [3.63, 3.8) is 0 Å². The van der Waals surface area contributed by atoms with Crippen molar-refractivity contribution >= 4 is 5.69 Å². The average molecular weight is 243 g/mol. The van der Waals surface area contributed by atoms with E-state index < -0.39 is 5.54 Å². The van der Waals surface area contributed by atoms with E-state index in [0.717, 1.165) is 38.8 Å². The number of nitrogens with two attached hydrogens (primary N) is 1. The number of para-hydroxylation sites is 1. The molecule has 1 unspecified atom stereocenters. The molecule has 0 saturated heterocycles. The van der Waals surface area contributed by atoms with Gasteiger partial charge in [0, 0.05) is 18.8 Å². The Labute approximate surface area is 109 Å². The third-order valence-corrected chi connectivity index (χ3v) is 3.89. The third kappa shape index (κ3) is 2.65. The molecule has 0 fully saturated rings. The highest BCUT2D eigenvalue weighted by molar-refractivity contribution is 5.57. The molecule has 96 valence electrons. The molecule has 0 aromatic heterocycles. The van der Waals surface area contributed by atoms with Gasteiger partial charge in [-0.05, 0) is 37.3 Å². The second-order valence-electron chi connectivity index (χ2n) is 5.09. The Hall–Kier alpha value is -1.53. The van der Waals surface area contributed by atoms with Gasteiger partial charge >= 0.3 is 0 Å². The Morgan fingerprint density at radius 1 is 1.44 bits per heavy atom. The van der Waals surface area contributed by atoms with Crippen molar-refractivity contribution in [1.29, 1.82) is 5.26 Å². The van der Waals surface area contributed by atoms with E-state index in [4.69, 9.17) is 11.0 Å². The van der Waals surface area contributed by atoms with Gasteiger partial charge in [-0.15, -0.1) is 0 Å². The summed E-state index contributed by atoms with van der Waals surface area (Å²) in [5, 5.41) is 9.05. The first-order valence-corrected chi connectivity index (χ1v) is 6.71. The van der Waals surface area contributed by atoms with Crippen LogP contribution >= 0.6 is 0 Å². The fourth-order valence-corrected chi connectivity index (χ4v) is 2.54. The molecule has 0 aliphatic carbocycles. The lowest BCUT2D eigenvalue weighted by molar-refractivity contribution is 0.465. The van der Waals surface area contributed by atoms with Crippen LogP contribution in [0, 0.1) is 11.3 Å². The van der Waals surface area contributed by atoms with Crippen LogP contribution in [0.25, 0.3) is 0 Å². The smallest absolute Gasteiger partial charge is 0.104 e. The highest BCUT2D eigenvalue weighted by atomic mass is 15.1. The maximum absolute atomic E-state index is 9.05. The quantitative estimate of drug-likeness (QED) is 0.864. The molecule has 1 atom stereocenters. The fourth-order valence-electron chi connectivity index (χ4n) is 2.54. The van der Waals surface area contributed by atoms with Crippen LogP contribution in [-0.2, 0) is 6.42 Å². The van der Waals surface area contributed by atoms with Crippen LogP contribution in [0.15, 0.2) is 24.3 Å². The summed E-state index contributed by atoms with van der Waals surface area (Å²) in [5.74, 6) is 0. The molecule has 1 heterocycles. The molecule has 0 bridgehead atoms. The monoisotopic (exact) mass is 243 g/mol. The summed E-state index contributed by atoms with van der Waals surface area (Å²) in [6.45, 7) is 4.07. The van der Waals surface area contributed by atoms with Gasteiger partial charge in [-0.25, -0.2) is 0 Å². The lowest BCUT2D eigenvalue weighted by Crippen LogP contribution is -2.38. The normalized spacial score (nSPS) is 17.1. The van der Waals surface area contributed by atoms with Gasteiger partial charge in [0.25, 0.3) is 0 Å². The van der Waals surface area contributed by atoms with E-state index in [1.54, 1.807) is 0 Å². The molecule has 2 rings (SSSR count). The number of fused-ring (bicyclic) bond motifs is 1. The first-order chi connectivity index (χ1) is 8.68. The molecular formula is C15H21N3. The van der Waals surface area contributed by atoms with Crippen molar-refractivity contribution in [2.45, 2.75) is 38.1 Å². The maximum Gasteiger partial charge on any atom is 0.104 e. The molecule has 1 aliphatic heterocycles. The van der Waals surface area contributed by atoms with Crippen LogP contribution in [0.3, 0.4) is 0 Å². The van der Waals surface area contributed by atoms with Crippen LogP contribution in [-0.4, -0.2) is 18.6 Å². The SMILES string of the molecule is CCC(N)(C#N)CCCN1CCc2ccccc21. The number of hydrogen-bond donors (Lipinski definition) is 1. The van der Waals surface area contributed by atoms with Crippen LogP contribution in [0.2, 0.25) is 0 Å². The zero-order valence-electron chi connectivity index (χ0n) is 11.0. The number of hydrogen-bond acceptors (Lipinski definition) is 3. The van der Waals surface area contributed by atoms with Gasteiger partial charge in [0.2, 0.25) is 0 Å². The molecule has 0 saturated carbocycles. The number of nitriles is 1. The van der Waals surface area contributed by atoms with Crippen molar-refractivity contribution in [2.24, 2.45) is 5.73 Å². The number of benzene rings is 1. The minimum Gasteiger partial charge on any atom is -0.371 e. The Balaban J connectivity index is 1.88. The first-order valence-electron chi connectivity index (χ1n) is 6.71. The summed E-state index contributed by atoms with van der Waals surface area (Å²) in [6.07, 6.45) is 3.61. The molecule has 1 aromatic carbocycles. The van der Waals surface area contributed by atoms with Gasteiger partial charge in [0.1, 0.15) is 5.54 Å². The van der Waals surface area contributed by atoms with E-state index in [0.29, 0.717) is 0 Å². The highest BCUT2D eigenvalue weighted by Crippen LogP contribution is 2.27. The summed E-state index contributed by atoms with van der Waals surface area (Å²) in [5.41, 5.74) is 8.15. The van der Waals surface area contributed by atoms with Crippen molar-refractivity contribution in [3.8, 4) is 6.07 Å². The molecule has 3 heteroatoms. The Kier molecular flexibility index (Phi) is 3.88.